The third kappa shape index (κ3) is 4.66. The molecule has 1 aliphatic carbocycles. The first kappa shape index (κ1) is 19.8. The Hall–Kier alpha value is -1.97. The number of hydrogen-bond donors (Lipinski definition) is 0. The summed E-state index contributed by atoms with van der Waals surface area (Å²) >= 11 is 0. The number of hydrogen-bond acceptors (Lipinski definition) is 1. The molecule has 0 saturated heterocycles. The van der Waals surface area contributed by atoms with Crippen LogP contribution in [0.4, 0.5) is 13.2 Å². The van der Waals surface area contributed by atoms with E-state index < -0.39 is 11.6 Å². The van der Waals surface area contributed by atoms with Crippen molar-refractivity contribution in [2.75, 3.05) is 6.61 Å². The largest absolute Gasteiger partial charge is 0.491 e. The molecule has 0 atom stereocenters. The minimum atomic E-state index is -0.728. The Morgan fingerprint density at radius 1 is 0.963 bits per heavy atom. The van der Waals surface area contributed by atoms with E-state index in [9.17, 15) is 13.2 Å². The molecule has 2 aromatic rings. The Morgan fingerprint density at radius 3 is 2.37 bits per heavy atom. The van der Waals surface area contributed by atoms with E-state index in [1.807, 2.05) is 13.0 Å². The Morgan fingerprint density at radius 2 is 1.70 bits per heavy atom. The van der Waals surface area contributed by atoms with Gasteiger partial charge in [0, 0.05) is 0 Å². The van der Waals surface area contributed by atoms with Crippen LogP contribution in [-0.2, 0) is 6.42 Å². The highest BCUT2D eigenvalue weighted by atomic mass is 19.2. The molecule has 0 aliphatic heterocycles. The van der Waals surface area contributed by atoms with Crippen LogP contribution in [0.1, 0.15) is 61.6 Å². The number of halogens is 3. The molecule has 0 spiro atoms. The first-order chi connectivity index (χ1) is 13.0. The Bertz CT molecular complexity index is 779. The first-order valence-corrected chi connectivity index (χ1v) is 9.85. The van der Waals surface area contributed by atoms with Crippen LogP contribution in [0, 0.1) is 30.3 Å². The molecule has 27 heavy (non-hydrogen) atoms. The van der Waals surface area contributed by atoms with Gasteiger partial charge in [0.25, 0.3) is 0 Å². The first-order valence-electron chi connectivity index (χ1n) is 9.85. The fraction of sp³-hybridized carbons (Fsp3) is 0.478. The van der Waals surface area contributed by atoms with Crippen molar-refractivity contribution >= 4 is 0 Å². The maximum absolute atomic E-state index is 14.1. The molecule has 0 amide bonds. The minimum Gasteiger partial charge on any atom is -0.491 e. The van der Waals surface area contributed by atoms with Crippen molar-refractivity contribution in [2.24, 2.45) is 5.92 Å². The molecule has 0 heterocycles. The summed E-state index contributed by atoms with van der Waals surface area (Å²) in [6, 6.07) is 8.62. The molecule has 0 N–H and O–H groups in total. The molecule has 0 unspecified atom stereocenters. The third-order valence-corrected chi connectivity index (χ3v) is 5.75. The van der Waals surface area contributed by atoms with Gasteiger partial charge in [0.15, 0.2) is 23.2 Å². The Labute approximate surface area is 159 Å². The van der Waals surface area contributed by atoms with Crippen LogP contribution < -0.4 is 4.74 Å². The molecule has 3 rings (SSSR count). The van der Waals surface area contributed by atoms with Crippen LogP contribution in [-0.4, -0.2) is 6.61 Å². The van der Waals surface area contributed by atoms with Crippen molar-refractivity contribution in [3.63, 3.8) is 0 Å². The van der Waals surface area contributed by atoms with Gasteiger partial charge >= 0.3 is 0 Å². The second kappa shape index (κ2) is 8.81. The fourth-order valence-corrected chi connectivity index (χ4v) is 4.07. The van der Waals surface area contributed by atoms with Crippen LogP contribution in [0.5, 0.6) is 5.75 Å². The molecule has 1 saturated carbocycles. The van der Waals surface area contributed by atoms with E-state index in [1.165, 1.54) is 0 Å². The van der Waals surface area contributed by atoms with E-state index in [2.05, 4.69) is 0 Å². The topological polar surface area (TPSA) is 9.23 Å². The zero-order valence-corrected chi connectivity index (χ0v) is 16.0. The predicted molar refractivity (Wildman–Crippen MR) is 102 cm³/mol. The van der Waals surface area contributed by atoms with Gasteiger partial charge in [-0.05, 0) is 93.0 Å². The second-order valence-corrected chi connectivity index (χ2v) is 7.55. The van der Waals surface area contributed by atoms with Gasteiger partial charge < -0.3 is 4.74 Å². The van der Waals surface area contributed by atoms with E-state index in [0.29, 0.717) is 41.7 Å². The summed E-state index contributed by atoms with van der Waals surface area (Å²) in [6.45, 7) is 3.87. The molecule has 1 nitrogen and oxygen atoms in total. The summed E-state index contributed by atoms with van der Waals surface area (Å²) in [7, 11) is 0. The van der Waals surface area contributed by atoms with Gasteiger partial charge in [0.05, 0.1) is 6.61 Å². The van der Waals surface area contributed by atoms with Gasteiger partial charge in [-0.15, -0.1) is 0 Å². The molecule has 0 bridgehead atoms. The van der Waals surface area contributed by atoms with Crippen molar-refractivity contribution in [3.8, 4) is 5.75 Å². The molecule has 1 aliphatic rings. The standard InChI is InChI=1S/C23H27F3O/c1-3-27-21-13-12-19(14-20(21)24)17-9-5-16(6-10-17)7-11-18-8-4-15(2)22(25)23(18)26/h4,8,12-14,16-17H,3,5-7,9-11H2,1-2H3. The molecule has 1 fully saturated rings. The van der Waals surface area contributed by atoms with Crippen LogP contribution >= 0.6 is 0 Å². The molecular weight excluding hydrogens is 349 g/mol. The van der Waals surface area contributed by atoms with Gasteiger partial charge in [0.1, 0.15) is 0 Å². The van der Waals surface area contributed by atoms with Gasteiger partial charge in [-0.3, -0.25) is 0 Å². The van der Waals surface area contributed by atoms with Gasteiger partial charge in [0.2, 0.25) is 0 Å². The smallest absolute Gasteiger partial charge is 0.165 e. The van der Waals surface area contributed by atoms with E-state index in [1.54, 1.807) is 31.2 Å². The van der Waals surface area contributed by atoms with Gasteiger partial charge in [-0.1, -0.05) is 18.2 Å². The summed E-state index contributed by atoms with van der Waals surface area (Å²) in [5, 5.41) is 0. The van der Waals surface area contributed by atoms with E-state index in [4.69, 9.17) is 4.74 Å². The quantitative estimate of drug-likeness (QED) is 0.544. The Kier molecular flexibility index (Phi) is 6.46. The third-order valence-electron chi connectivity index (χ3n) is 5.75. The summed E-state index contributed by atoms with van der Waals surface area (Å²) in [5.74, 6) is -0.546. The highest BCUT2D eigenvalue weighted by molar-refractivity contribution is 5.31. The van der Waals surface area contributed by atoms with E-state index in [0.717, 1.165) is 37.7 Å². The maximum Gasteiger partial charge on any atom is 0.165 e. The fourth-order valence-electron chi connectivity index (χ4n) is 4.07. The van der Waals surface area contributed by atoms with Crippen LogP contribution in [0.3, 0.4) is 0 Å². The van der Waals surface area contributed by atoms with E-state index >= 15 is 0 Å². The van der Waals surface area contributed by atoms with Crippen molar-refractivity contribution in [1.82, 2.24) is 0 Å². The van der Waals surface area contributed by atoms with E-state index in [-0.39, 0.29) is 5.82 Å². The van der Waals surface area contributed by atoms with Crippen molar-refractivity contribution in [1.29, 1.82) is 0 Å². The summed E-state index contributed by atoms with van der Waals surface area (Å²) in [5.41, 5.74) is 1.84. The SMILES string of the molecule is CCOc1ccc(C2CCC(CCc3ccc(C)c(F)c3F)CC2)cc1F. The zero-order chi connectivity index (χ0) is 19.4. The normalized spacial score (nSPS) is 19.9. The predicted octanol–water partition coefficient (Wildman–Crippen LogP) is 6.72. The Balaban J connectivity index is 1.53. The molecule has 2 aromatic carbocycles. The molecule has 0 radical (unpaired) electrons. The highest BCUT2D eigenvalue weighted by Gasteiger charge is 2.23. The lowest BCUT2D eigenvalue weighted by Crippen LogP contribution is -2.14. The number of rotatable bonds is 6. The lowest BCUT2D eigenvalue weighted by Gasteiger charge is -2.29. The van der Waals surface area contributed by atoms with Crippen LogP contribution in [0.25, 0.3) is 0 Å². The molecule has 4 heteroatoms. The average molecular weight is 376 g/mol. The maximum atomic E-state index is 14.1. The highest BCUT2D eigenvalue weighted by Crippen LogP contribution is 2.38. The van der Waals surface area contributed by atoms with Crippen molar-refractivity contribution in [3.05, 3.63) is 64.5 Å². The summed E-state index contributed by atoms with van der Waals surface area (Å²) < 4.78 is 47.0. The van der Waals surface area contributed by atoms with Crippen LogP contribution in [0.15, 0.2) is 30.3 Å². The van der Waals surface area contributed by atoms with Crippen molar-refractivity contribution < 1.29 is 17.9 Å². The van der Waals surface area contributed by atoms with Gasteiger partial charge in [-0.25, -0.2) is 13.2 Å². The molecular formula is C23H27F3O. The number of benzene rings is 2. The summed E-state index contributed by atoms with van der Waals surface area (Å²) in [4.78, 5) is 0. The monoisotopic (exact) mass is 376 g/mol. The zero-order valence-electron chi connectivity index (χ0n) is 16.0. The summed E-state index contributed by atoms with van der Waals surface area (Å²) in [6.07, 6.45) is 5.51. The second-order valence-electron chi connectivity index (χ2n) is 7.55. The molecule has 146 valence electrons. The van der Waals surface area contributed by atoms with Crippen molar-refractivity contribution in [2.45, 2.75) is 58.3 Å². The lowest BCUT2D eigenvalue weighted by molar-refractivity contribution is 0.306. The molecule has 0 aromatic heterocycles. The lowest BCUT2D eigenvalue weighted by atomic mass is 9.77. The van der Waals surface area contributed by atoms with Crippen LogP contribution in [0.2, 0.25) is 0 Å². The average Bonchev–Trinajstić information content (AvgIpc) is 2.68. The number of ether oxygens (including phenoxy) is 1. The minimum absolute atomic E-state index is 0.298. The number of aryl methyl sites for hydroxylation is 2. The van der Waals surface area contributed by atoms with Gasteiger partial charge in [-0.2, -0.15) is 0 Å².